The third-order valence-corrected chi connectivity index (χ3v) is 10.5. The molecule has 0 saturated carbocycles. The van der Waals surface area contributed by atoms with E-state index < -0.39 is 72.2 Å². The van der Waals surface area contributed by atoms with Crippen LogP contribution in [-0.4, -0.2) is 88.5 Å². The van der Waals surface area contributed by atoms with E-state index in [4.69, 9.17) is 23.3 Å². The zero-order valence-electron chi connectivity index (χ0n) is 26.8. The Balaban J connectivity index is 1.42. The number of esters is 1. The molecule has 5 rings (SSSR count). The van der Waals surface area contributed by atoms with Crippen LogP contribution >= 0.6 is 23.7 Å². The summed E-state index contributed by atoms with van der Waals surface area (Å²) in [4.78, 5) is 56.2. The molecule has 1 aromatic heterocycles. The minimum absolute atomic E-state index is 0.0243. The number of urea groups is 1. The van der Waals surface area contributed by atoms with Gasteiger partial charge in [0, 0.05) is 54.1 Å². The molecule has 21 heteroatoms. The van der Waals surface area contributed by atoms with Gasteiger partial charge in [-0.1, -0.05) is 39.2 Å². The van der Waals surface area contributed by atoms with Gasteiger partial charge < -0.3 is 23.7 Å². The Morgan fingerprint density at radius 2 is 2.00 bits per heavy atom. The van der Waals surface area contributed by atoms with Crippen molar-refractivity contribution in [2.24, 2.45) is 5.11 Å². The average molecular weight is 779 g/mol. The minimum atomic E-state index is -4.61. The molecule has 0 radical (unpaired) electrons. The predicted molar refractivity (Wildman–Crippen MR) is 178 cm³/mol. The SMILES string of the molecule is COC(=O)[C@H](Cc1c[nH]c2ccccc12)NP(=O)(OC[C@H]1O[C@@H](N2C(=O)NC(=O)C(C)(Br)C2OC)C[C@@H]1N=[N+]=[N-])Oc1ccc([N+](=O)[O-])cc1. The lowest BCUT2D eigenvalue weighted by molar-refractivity contribution is -0.384. The molecular weight excluding hydrogens is 747 g/mol. The zero-order chi connectivity index (χ0) is 36.2. The van der Waals surface area contributed by atoms with Crippen LogP contribution in [0.4, 0.5) is 10.5 Å². The number of imide groups is 1. The summed E-state index contributed by atoms with van der Waals surface area (Å²) in [5.74, 6) is -1.55. The van der Waals surface area contributed by atoms with Gasteiger partial charge in [-0.2, -0.15) is 5.09 Å². The number of fused-ring (bicyclic) bond motifs is 1. The fraction of sp³-hybridized carbons (Fsp3) is 0.414. The maximum atomic E-state index is 14.5. The van der Waals surface area contributed by atoms with Crippen LogP contribution in [0.5, 0.6) is 5.75 Å². The number of nitro groups is 1. The van der Waals surface area contributed by atoms with E-state index >= 15 is 0 Å². The van der Waals surface area contributed by atoms with E-state index in [9.17, 15) is 34.6 Å². The van der Waals surface area contributed by atoms with Crippen LogP contribution in [0.3, 0.4) is 0 Å². The van der Waals surface area contributed by atoms with Crippen LogP contribution in [0.15, 0.2) is 59.8 Å². The average Bonchev–Trinajstić information content (AvgIpc) is 3.68. The molecule has 3 N–H and O–H groups in total. The van der Waals surface area contributed by atoms with E-state index in [-0.39, 0.29) is 24.3 Å². The number of amides is 3. The van der Waals surface area contributed by atoms with Gasteiger partial charge in [0.1, 0.15) is 22.3 Å². The number of aromatic nitrogens is 1. The lowest BCUT2D eigenvalue weighted by Crippen LogP contribution is -2.69. The molecule has 19 nitrogen and oxygen atoms in total. The number of nitrogens with zero attached hydrogens (tertiary/aromatic N) is 5. The number of halogens is 1. The normalized spacial score (nSPS) is 25.3. The van der Waals surface area contributed by atoms with Crippen LogP contribution in [-0.2, 0) is 39.3 Å². The molecule has 3 amide bonds. The monoisotopic (exact) mass is 778 g/mol. The highest BCUT2D eigenvalue weighted by atomic mass is 79.9. The van der Waals surface area contributed by atoms with Crippen LogP contribution in [0.25, 0.3) is 21.3 Å². The van der Waals surface area contributed by atoms with Gasteiger partial charge in [-0.05, 0) is 36.2 Å². The first-order chi connectivity index (χ1) is 23.8. The zero-order valence-corrected chi connectivity index (χ0v) is 29.2. The van der Waals surface area contributed by atoms with Crippen LogP contribution in [0.1, 0.15) is 18.9 Å². The van der Waals surface area contributed by atoms with Crippen LogP contribution in [0.2, 0.25) is 0 Å². The fourth-order valence-electron chi connectivity index (χ4n) is 5.67. The highest BCUT2D eigenvalue weighted by Crippen LogP contribution is 2.47. The van der Waals surface area contributed by atoms with Crippen LogP contribution in [0, 0.1) is 10.1 Å². The van der Waals surface area contributed by atoms with Crippen molar-refractivity contribution in [3.05, 3.63) is 80.8 Å². The molecule has 3 heterocycles. The molecule has 0 bridgehead atoms. The number of carbonyl (C=O) groups excluding carboxylic acids is 3. The van der Waals surface area contributed by atoms with E-state index in [0.29, 0.717) is 5.56 Å². The molecule has 3 unspecified atom stereocenters. The first-order valence-electron chi connectivity index (χ1n) is 14.9. The summed E-state index contributed by atoms with van der Waals surface area (Å²) in [5.41, 5.74) is 10.5. The third kappa shape index (κ3) is 7.76. The highest BCUT2D eigenvalue weighted by Gasteiger charge is 2.54. The second-order valence-electron chi connectivity index (χ2n) is 11.4. The molecule has 2 fully saturated rings. The number of alkyl halides is 1. The number of H-pyrrole nitrogens is 1. The Morgan fingerprint density at radius 3 is 2.66 bits per heavy atom. The van der Waals surface area contributed by atoms with Crippen molar-refractivity contribution in [1.29, 1.82) is 0 Å². The molecule has 7 atom stereocenters. The van der Waals surface area contributed by atoms with Crippen molar-refractivity contribution in [1.82, 2.24) is 20.3 Å². The minimum Gasteiger partial charge on any atom is -0.468 e. The van der Waals surface area contributed by atoms with Crippen LogP contribution < -0.4 is 14.9 Å². The van der Waals surface area contributed by atoms with Gasteiger partial charge in [-0.3, -0.25) is 34.4 Å². The van der Waals surface area contributed by atoms with E-state index in [1.807, 2.05) is 24.3 Å². The van der Waals surface area contributed by atoms with Gasteiger partial charge in [0.05, 0.1) is 30.8 Å². The maximum Gasteiger partial charge on any atom is 0.459 e. The molecule has 2 saturated heterocycles. The number of carbonyl (C=O) groups is 3. The topological polar surface area (TPSA) is 249 Å². The number of non-ortho nitro benzene ring substituents is 1. The first-order valence-corrected chi connectivity index (χ1v) is 17.3. The number of hydrogen-bond acceptors (Lipinski definition) is 12. The number of hydrogen-bond donors (Lipinski definition) is 3. The summed E-state index contributed by atoms with van der Waals surface area (Å²) < 4.78 is 41.2. The lowest BCUT2D eigenvalue weighted by Gasteiger charge is -2.44. The number of ether oxygens (including phenoxy) is 3. The number of nitrogens with one attached hydrogen (secondary N) is 3. The smallest absolute Gasteiger partial charge is 0.459 e. The largest absolute Gasteiger partial charge is 0.468 e. The molecule has 2 aromatic carbocycles. The number of nitro benzene ring substituents is 1. The van der Waals surface area contributed by atoms with Crippen molar-refractivity contribution in [3.8, 4) is 5.75 Å². The van der Waals surface area contributed by atoms with Gasteiger partial charge in [0.2, 0.25) is 5.91 Å². The van der Waals surface area contributed by atoms with Gasteiger partial charge >= 0.3 is 19.7 Å². The predicted octanol–water partition coefficient (Wildman–Crippen LogP) is 4.43. The number of aromatic amines is 1. The molecule has 0 spiro atoms. The summed E-state index contributed by atoms with van der Waals surface area (Å²) in [5, 5.41) is 20.6. The van der Waals surface area contributed by atoms with Crippen molar-refractivity contribution >= 4 is 58.2 Å². The highest BCUT2D eigenvalue weighted by molar-refractivity contribution is 9.10. The van der Waals surface area contributed by atoms with E-state index in [0.717, 1.165) is 35.0 Å². The van der Waals surface area contributed by atoms with Gasteiger partial charge in [-0.25, -0.2) is 9.36 Å². The Morgan fingerprint density at radius 1 is 1.28 bits per heavy atom. The number of para-hydroxylation sites is 1. The molecule has 50 heavy (non-hydrogen) atoms. The molecule has 2 aliphatic heterocycles. The van der Waals surface area contributed by atoms with E-state index in [2.05, 4.69) is 41.3 Å². The van der Waals surface area contributed by atoms with Gasteiger partial charge in [0.15, 0.2) is 6.23 Å². The standard InChI is InChI=1S/C29H32BrN8O11P/c1-29(30)26(40)33-28(41)37(27(29)46-3)24-13-21(34-36-31)23(48-24)15-47-50(44,49-18-10-8-17(9-11-18)38(42)43)35-22(25(39)45-2)12-16-14-32-20-7-5-4-6-19(16)20/h4-11,14,21-24,27,32H,12-13,15H2,1-3H3,(H,35,44)(H,33,40,41)/t21-,22-,23+,24+,27?,29?,50?/m0/s1. The molecule has 3 aromatic rings. The number of azide groups is 1. The molecular formula is C29H32BrN8O11P. The third-order valence-electron chi connectivity index (χ3n) is 8.13. The lowest BCUT2D eigenvalue weighted by atomic mass is 10.0. The van der Waals surface area contributed by atoms with Crippen molar-refractivity contribution in [3.63, 3.8) is 0 Å². The van der Waals surface area contributed by atoms with Gasteiger partial charge in [-0.15, -0.1) is 0 Å². The summed E-state index contributed by atoms with van der Waals surface area (Å²) in [6.45, 7) is 0.942. The Bertz CT molecular complexity index is 1870. The summed E-state index contributed by atoms with van der Waals surface area (Å²) in [6, 6.07) is 8.92. The number of methoxy groups -OCH3 is 2. The summed E-state index contributed by atoms with van der Waals surface area (Å²) in [6.07, 6.45) is -1.75. The molecule has 266 valence electrons. The summed E-state index contributed by atoms with van der Waals surface area (Å²) >= 11 is 3.30. The van der Waals surface area contributed by atoms with Crippen molar-refractivity contribution in [2.45, 2.75) is 54.7 Å². The molecule has 2 aliphatic rings. The Labute approximate surface area is 292 Å². The first kappa shape index (κ1) is 36.7. The maximum absolute atomic E-state index is 14.5. The number of rotatable bonds is 14. The van der Waals surface area contributed by atoms with E-state index in [1.54, 1.807) is 6.20 Å². The van der Waals surface area contributed by atoms with Gasteiger partial charge in [0.25, 0.3) is 5.69 Å². The second-order valence-corrected chi connectivity index (χ2v) is 14.7. The fourth-order valence-corrected chi connectivity index (χ4v) is 7.68. The second kappa shape index (κ2) is 15.1. The van der Waals surface area contributed by atoms with Crippen molar-refractivity contribution in [2.75, 3.05) is 20.8 Å². The quantitative estimate of drug-likeness (QED) is 0.0301. The molecule has 0 aliphatic carbocycles. The van der Waals surface area contributed by atoms with Crippen molar-refractivity contribution < 1.29 is 47.1 Å². The number of benzene rings is 2. The Kier molecular flexibility index (Phi) is 11.1. The Hall–Kier alpha value is -4.55. The summed E-state index contributed by atoms with van der Waals surface area (Å²) in [7, 11) is -2.15. The van der Waals surface area contributed by atoms with E-state index in [1.165, 1.54) is 26.2 Å².